The molecule has 0 spiro atoms. The van der Waals surface area contributed by atoms with Crippen LogP contribution >= 0.6 is 27.5 Å². The molecular weight excluding hydrogens is 244 g/mol. The Morgan fingerprint density at radius 2 is 2.25 bits per heavy atom. The molecule has 0 N–H and O–H groups in total. The summed E-state index contributed by atoms with van der Waals surface area (Å²) in [4.78, 5) is 0. The smallest absolute Gasteiger partial charge is 0.146 e. The van der Waals surface area contributed by atoms with Crippen molar-refractivity contribution in [3.8, 4) is 6.07 Å². The Balaban J connectivity index is 3.15. The van der Waals surface area contributed by atoms with Gasteiger partial charge in [-0.2, -0.15) is 5.26 Å². The second-order valence-electron chi connectivity index (χ2n) is 2.16. The zero-order valence-electron chi connectivity index (χ0n) is 5.89. The molecule has 0 amide bonds. The third-order valence-electron chi connectivity index (χ3n) is 1.34. The number of hydrogen-bond donors (Lipinski definition) is 0. The highest BCUT2D eigenvalue weighted by atomic mass is 79.9. The lowest BCUT2D eigenvalue weighted by molar-refractivity contribution is 0.625. The Kier molecular flexibility index (Phi) is 3.07. The summed E-state index contributed by atoms with van der Waals surface area (Å²) in [5.74, 6) is -0.394. The lowest BCUT2D eigenvalue weighted by atomic mass is 10.1. The van der Waals surface area contributed by atoms with Crippen LogP contribution in [0, 0.1) is 17.1 Å². The molecule has 0 fully saturated rings. The summed E-state index contributed by atoms with van der Waals surface area (Å²) in [5.41, 5.74) is 0.458. The summed E-state index contributed by atoms with van der Waals surface area (Å²) < 4.78 is 13.3. The molecule has 0 aromatic heterocycles. The van der Waals surface area contributed by atoms with Crippen molar-refractivity contribution in [3.05, 3.63) is 34.1 Å². The summed E-state index contributed by atoms with van der Waals surface area (Å²) in [6.07, 6.45) is 0. The summed E-state index contributed by atoms with van der Waals surface area (Å²) in [6, 6.07) is 5.88. The lowest BCUT2D eigenvalue weighted by Gasteiger charge is -2.03. The van der Waals surface area contributed by atoms with Gasteiger partial charge in [0.1, 0.15) is 11.2 Å². The molecule has 62 valence electrons. The van der Waals surface area contributed by atoms with Gasteiger partial charge < -0.3 is 0 Å². The van der Waals surface area contributed by atoms with E-state index in [1.807, 2.05) is 6.07 Å². The van der Waals surface area contributed by atoms with Crippen molar-refractivity contribution in [3.63, 3.8) is 0 Å². The first kappa shape index (κ1) is 9.50. The number of hydrogen-bond acceptors (Lipinski definition) is 1. The first-order valence-corrected chi connectivity index (χ1v) is 4.36. The molecule has 0 bridgehead atoms. The maximum atomic E-state index is 12.7. The van der Waals surface area contributed by atoms with Crippen molar-refractivity contribution >= 4 is 27.5 Å². The summed E-state index contributed by atoms with van der Waals surface area (Å²) >= 11 is 8.78. The van der Waals surface area contributed by atoms with Crippen LogP contribution in [0.4, 0.5) is 4.39 Å². The topological polar surface area (TPSA) is 23.8 Å². The molecule has 0 aliphatic heterocycles. The van der Waals surface area contributed by atoms with Crippen molar-refractivity contribution in [2.45, 2.75) is 5.38 Å². The van der Waals surface area contributed by atoms with E-state index in [1.165, 1.54) is 18.2 Å². The third-order valence-corrected chi connectivity index (χ3v) is 2.40. The molecule has 4 heteroatoms. The van der Waals surface area contributed by atoms with Crippen LogP contribution in [0.1, 0.15) is 10.9 Å². The van der Waals surface area contributed by atoms with Crippen LogP contribution in [-0.2, 0) is 0 Å². The second kappa shape index (κ2) is 3.88. The van der Waals surface area contributed by atoms with E-state index in [1.54, 1.807) is 0 Å². The third kappa shape index (κ3) is 1.96. The van der Waals surface area contributed by atoms with Crippen molar-refractivity contribution < 1.29 is 4.39 Å². The van der Waals surface area contributed by atoms with Gasteiger partial charge in [0.25, 0.3) is 0 Å². The van der Waals surface area contributed by atoms with E-state index in [0.717, 1.165) is 0 Å². The normalized spacial score (nSPS) is 12.2. The first-order chi connectivity index (χ1) is 5.65. The van der Waals surface area contributed by atoms with Crippen LogP contribution in [-0.4, -0.2) is 0 Å². The first-order valence-electron chi connectivity index (χ1n) is 3.14. The average molecular weight is 248 g/mol. The van der Waals surface area contributed by atoms with Gasteiger partial charge in [0, 0.05) is 10.0 Å². The fourth-order valence-corrected chi connectivity index (χ4v) is 1.57. The van der Waals surface area contributed by atoms with Gasteiger partial charge in [-0.25, -0.2) is 4.39 Å². The molecule has 0 saturated carbocycles. The van der Waals surface area contributed by atoms with E-state index in [4.69, 9.17) is 16.9 Å². The molecule has 0 aliphatic carbocycles. The van der Waals surface area contributed by atoms with E-state index < -0.39 is 11.2 Å². The minimum absolute atomic E-state index is 0.394. The van der Waals surface area contributed by atoms with Crippen molar-refractivity contribution in [1.82, 2.24) is 0 Å². The van der Waals surface area contributed by atoms with Crippen LogP contribution in [0.3, 0.4) is 0 Å². The van der Waals surface area contributed by atoms with Gasteiger partial charge in [-0.3, -0.25) is 0 Å². The SMILES string of the molecule is N#CC(Cl)c1cc(F)ccc1Br. The van der Waals surface area contributed by atoms with E-state index in [0.29, 0.717) is 10.0 Å². The van der Waals surface area contributed by atoms with Gasteiger partial charge in [-0.05, 0) is 18.2 Å². The molecule has 1 unspecified atom stereocenters. The highest BCUT2D eigenvalue weighted by molar-refractivity contribution is 9.10. The number of halogens is 3. The van der Waals surface area contributed by atoms with Crippen LogP contribution in [0.5, 0.6) is 0 Å². The molecule has 0 saturated heterocycles. The Bertz CT molecular complexity index is 334. The van der Waals surface area contributed by atoms with Crippen LogP contribution in [0.25, 0.3) is 0 Å². The predicted octanol–water partition coefficient (Wildman–Crippen LogP) is 3.39. The lowest BCUT2D eigenvalue weighted by Crippen LogP contribution is -1.89. The molecule has 1 rings (SSSR count). The van der Waals surface area contributed by atoms with E-state index in [9.17, 15) is 4.39 Å². The maximum absolute atomic E-state index is 12.7. The van der Waals surface area contributed by atoms with Gasteiger partial charge in [0.2, 0.25) is 0 Å². The van der Waals surface area contributed by atoms with Crippen LogP contribution < -0.4 is 0 Å². The van der Waals surface area contributed by atoms with Crippen molar-refractivity contribution in [2.24, 2.45) is 0 Å². The monoisotopic (exact) mass is 247 g/mol. The van der Waals surface area contributed by atoms with Crippen molar-refractivity contribution in [2.75, 3.05) is 0 Å². The molecule has 1 atom stereocenters. The Labute approximate surface area is 82.9 Å². The van der Waals surface area contributed by atoms with Crippen LogP contribution in [0.2, 0.25) is 0 Å². The molecule has 1 nitrogen and oxygen atoms in total. The highest BCUT2D eigenvalue weighted by Crippen LogP contribution is 2.27. The molecule has 1 aromatic rings. The fraction of sp³-hybridized carbons (Fsp3) is 0.125. The maximum Gasteiger partial charge on any atom is 0.146 e. The summed E-state index contributed by atoms with van der Waals surface area (Å²) in [6.45, 7) is 0. The Morgan fingerprint density at radius 3 is 2.83 bits per heavy atom. The predicted molar refractivity (Wildman–Crippen MR) is 48.3 cm³/mol. The minimum Gasteiger partial charge on any atom is -0.207 e. The Hall–Kier alpha value is -0.590. The standard InChI is InChI=1S/C8H4BrClFN/c9-7-2-1-5(11)3-6(7)8(10)4-12/h1-3,8H. The number of rotatable bonds is 1. The number of alkyl halides is 1. The number of benzene rings is 1. The van der Waals surface area contributed by atoms with Crippen molar-refractivity contribution in [1.29, 1.82) is 5.26 Å². The molecule has 0 heterocycles. The van der Waals surface area contributed by atoms with E-state index in [-0.39, 0.29) is 0 Å². The number of nitrogens with zero attached hydrogens (tertiary/aromatic N) is 1. The quantitative estimate of drug-likeness (QED) is 0.699. The van der Waals surface area contributed by atoms with E-state index >= 15 is 0 Å². The highest BCUT2D eigenvalue weighted by Gasteiger charge is 2.10. The molecule has 0 radical (unpaired) electrons. The summed E-state index contributed by atoms with van der Waals surface area (Å²) in [5, 5.41) is 7.67. The van der Waals surface area contributed by atoms with Gasteiger partial charge in [0.05, 0.1) is 6.07 Å². The van der Waals surface area contributed by atoms with Gasteiger partial charge in [0.15, 0.2) is 0 Å². The van der Waals surface area contributed by atoms with Gasteiger partial charge >= 0.3 is 0 Å². The summed E-state index contributed by atoms with van der Waals surface area (Å²) in [7, 11) is 0. The fourth-order valence-electron chi connectivity index (χ4n) is 0.778. The van der Waals surface area contributed by atoms with E-state index in [2.05, 4.69) is 15.9 Å². The number of nitriles is 1. The Morgan fingerprint density at radius 1 is 1.58 bits per heavy atom. The largest absolute Gasteiger partial charge is 0.207 e. The van der Waals surface area contributed by atoms with Gasteiger partial charge in [-0.1, -0.05) is 15.9 Å². The zero-order chi connectivity index (χ0) is 9.14. The molecule has 12 heavy (non-hydrogen) atoms. The van der Waals surface area contributed by atoms with Gasteiger partial charge in [-0.15, -0.1) is 11.6 Å². The van der Waals surface area contributed by atoms with Crippen LogP contribution in [0.15, 0.2) is 22.7 Å². The molecular formula is C8H4BrClFN. The zero-order valence-corrected chi connectivity index (χ0v) is 8.23. The average Bonchev–Trinajstić information content (AvgIpc) is 2.08. The minimum atomic E-state index is -0.810. The molecule has 0 aliphatic rings. The second-order valence-corrected chi connectivity index (χ2v) is 3.45. The molecule has 1 aromatic carbocycles.